The molecule has 0 aliphatic heterocycles. The summed E-state index contributed by atoms with van der Waals surface area (Å²) < 4.78 is 0. The maximum Gasteiger partial charge on any atom is 0.190 e. The summed E-state index contributed by atoms with van der Waals surface area (Å²) in [5, 5.41) is 20.6. The summed E-state index contributed by atoms with van der Waals surface area (Å²) in [5.41, 5.74) is -2.33. The highest BCUT2D eigenvalue weighted by molar-refractivity contribution is 6.02. The molecule has 0 radical (unpaired) electrons. The van der Waals surface area contributed by atoms with Gasteiger partial charge in [0.05, 0.1) is 0 Å². The number of fused-ring (bicyclic) bond motifs is 5. The number of ketones is 3. The van der Waals surface area contributed by atoms with Crippen LogP contribution in [-0.2, 0) is 14.4 Å². The van der Waals surface area contributed by atoms with Crippen LogP contribution in [0.15, 0.2) is 23.8 Å². The Morgan fingerprint density at radius 3 is 2.59 bits per heavy atom. The van der Waals surface area contributed by atoms with Crippen LogP contribution in [0, 0.1) is 28.1 Å². The molecule has 0 saturated heterocycles. The Hall–Kier alpha value is -1.59. The van der Waals surface area contributed by atoms with Crippen molar-refractivity contribution < 1.29 is 24.6 Å². The molecule has 4 aliphatic carbocycles. The second-order valence-corrected chi connectivity index (χ2v) is 9.72. The molecule has 0 aromatic carbocycles. The first-order valence-corrected chi connectivity index (χ1v) is 9.86. The van der Waals surface area contributed by atoms with Gasteiger partial charge in [-0.05, 0) is 49.2 Å². The van der Waals surface area contributed by atoms with Crippen LogP contribution >= 0.6 is 0 Å². The highest BCUT2D eigenvalue weighted by Gasteiger charge is 2.71. The first-order valence-electron chi connectivity index (χ1n) is 9.86. The predicted molar refractivity (Wildman–Crippen MR) is 98.7 cm³/mol. The van der Waals surface area contributed by atoms with Gasteiger partial charge in [-0.2, -0.15) is 0 Å². The minimum absolute atomic E-state index is 0.0117. The van der Waals surface area contributed by atoms with Crippen LogP contribution < -0.4 is 0 Å². The molecule has 146 valence electrons. The van der Waals surface area contributed by atoms with E-state index in [1.807, 2.05) is 19.9 Å². The molecule has 5 heteroatoms. The van der Waals surface area contributed by atoms with Crippen LogP contribution in [0.3, 0.4) is 0 Å². The third kappa shape index (κ3) is 2.10. The molecule has 0 amide bonds. The van der Waals surface area contributed by atoms with Crippen molar-refractivity contribution in [3.63, 3.8) is 0 Å². The summed E-state index contributed by atoms with van der Waals surface area (Å²) in [5.74, 6) is -0.804. The molecule has 0 aromatic rings. The van der Waals surface area contributed by atoms with Crippen molar-refractivity contribution in [2.24, 2.45) is 28.1 Å². The van der Waals surface area contributed by atoms with Gasteiger partial charge in [-0.3, -0.25) is 14.4 Å². The number of rotatable bonds is 2. The van der Waals surface area contributed by atoms with E-state index >= 15 is 0 Å². The third-order valence-corrected chi connectivity index (χ3v) is 8.57. The number of aliphatic hydroxyl groups excluding tert-OH is 1. The van der Waals surface area contributed by atoms with Crippen LogP contribution in [0.5, 0.6) is 0 Å². The van der Waals surface area contributed by atoms with Gasteiger partial charge in [-0.15, -0.1) is 0 Å². The van der Waals surface area contributed by atoms with Gasteiger partial charge in [-0.25, -0.2) is 0 Å². The number of carbonyl (C=O) groups is 3. The van der Waals surface area contributed by atoms with E-state index < -0.39 is 28.8 Å². The molecule has 0 aromatic heterocycles. The molecule has 3 saturated carbocycles. The largest absolute Gasteiger partial charge is 0.388 e. The highest BCUT2D eigenvalue weighted by Crippen LogP contribution is 2.70. The van der Waals surface area contributed by atoms with Crippen molar-refractivity contribution in [2.45, 2.75) is 58.5 Å². The lowest BCUT2D eigenvalue weighted by atomic mass is 9.41. The average molecular weight is 372 g/mol. The zero-order chi connectivity index (χ0) is 19.8. The number of hydrogen-bond acceptors (Lipinski definition) is 5. The lowest BCUT2D eigenvalue weighted by Crippen LogP contribution is -2.64. The molecular formula is C22H28O5. The Morgan fingerprint density at radius 2 is 1.93 bits per heavy atom. The maximum absolute atomic E-state index is 13.5. The van der Waals surface area contributed by atoms with E-state index in [0.717, 1.165) is 18.4 Å². The summed E-state index contributed by atoms with van der Waals surface area (Å²) >= 11 is 0. The third-order valence-electron chi connectivity index (χ3n) is 8.57. The molecular weight excluding hydrogens is 344 g/mol. The molecule has 0 bridgehead atoms. The number of carbonyl (C=O) groups excluding carboxylic acids is 3. The molecule has 0 unspecified atom stereocenters. The SMILES string of the molecule is C[C@@]12CCC3=CC(=O)C=C[C@]3(C)[C@H]1C(=O)C[C@@]1(C)[C@H]2CC[C@]1(O)C(=O)CO. The summed E-state index contributed by atoms with van der Waals surface area (Å²) in [4.78, 5) is 37.8. The monoisotopic (exact) mass is 372 g/mol. The van der Waals surface area contributed by atoms with Gasteiger partial charge in [-0.1, -0.05) is 32.4 Å². The average Bonchev–Trinajstić information content (AvgIpc) is 2.87. The van der Waals surface area contributed by atoms with Crippen molar-refractivity contribution >= 4 is 17.3 Å². The van der Waals surface area contributed by atoms with Crippen LogP contribution in [0.25, 0.3) is 0 Å². The van der Waals surface area contributed by atoms with E-state index in [1.54, 1.807) is 12.2 Å². The van der Waals surface area contributed by atoms with E-state index in [4.69, 9.17) is 0 Å². The van der Waals surface area contributed by atoms with Crippen molar-refractivity contribution in [2.75, 3.05) is 6.61 Å². The molecule has 27 heavy (non-hydrogen) atoms. The van der Waals surface area contributed by atoms with Gasteiger partial charge >= 0.3 is 0 Å². The molecule has 4 aliphatic rings. The lowest BCUT2D eigenvalue weighted by molar-refractivity contribution is -0.179. The van der Waals surface area contributed by atoms with Crippen LogP contribution in [-0.4, -0.2) is 39.8 Å². The Bertz CT molecular complexity index is 810. The fourth-order valence-electron chi connectivity index (χ4n) is 7.30. The first kappa shape index (κ1) is 18.8. The zero-order valence-electron chi connectivity index (χ0n) is 16.2. The zero-order valence-corrected chi connectivity index (χ0v) is 16.2. The van der Waals surface area contributed by atoms with Gasteiger partial charge in [0.15, 0.2) is 11.6 Å². The highest BCUT2D eigenvalue weighted by atomic mass is 16.3. The number of aliphatic hydroxyl groups is 2. The molecule has 6 atom stereocenters. The standard InChI is InChI=1S/C22H28O5/c1-19-8-5-14(24)10-13(19)4-7-20(2)16-6-9-22(27,17(26)12-23)21(16,3)11-15(25)18(19)20/h5,8,10,16,18,23,27H,4,6-7,9,11-12H2,1-3H3/t16-,18+,19-,20-,21-,22-/m0/s1. The minimum Gasteiger partial charge on any atom is -0.388 e. The molecule has 0 spiro atoms. The lowest BCUT2D eigenvalue weighted by Gasteiger charge is -2.62. The van der Waals surface area contributed by atoms with Crippen LogP contribution in [0.2, 0.25) is 0 Å². The number of hydrogen-bond donors (Lipinski definition) is 2. The molecule has 0 heterocycles. The fourth-order valence-corrected chi connectivity index (χ4v) is 7.30. The van der Waals surface area contributed by atoms with E-state index in [-0.39, 0.29) is 41.7 Å². The Morgan fingerprint density at radius 1 is 1.22 bits per heavy atom. The Balaban J connectivity index is 1.83. The minimum atomic E-state index is -1.65. The molecule has 3 fully saturated rings. The normalized spacial score (nSPS) is 48.6. The second kappa shape index (κ2) is 5.48. The van der Waals surface area contributed by atoms with Gasteiger partial charge in [0.1, 0.15) is 18.0 Å². The smallest absolute Gasteiger partial charge is 0.190 e. The topological polar surface area (TPSA) is 91.7 Å². The van der Waals surface area contributed by atoms with Gasteiger partial charge < -0.3 is 10.2 Å². The van der Waals surface area contributed by atoms with E-state index in [9.17, 15) is 24.6 Å². The maximum atomic E-state index is 13.5. The van der Waals surface area contributed by atoms with Gasteiger partial charge in [0, 0.05) is 23.2 Å². The quantitative estimate of drug-likeness (QED) is 0.775. The number of allylic oxidation sites excluding steroid dienone is 4. The second-order valence-electron chi connectivity index (χ2n) is 9.72. The number of Topliss-reactive ketones (excluding diaryl/α,β-unsaturated/α-hetero) is 2. The van der Waals surface area contributed by atoms with Crippen LogP contribution in [0.4, 0.5) is 0 Å². The van der Waals surface area contributed by atoms with Crippen LogP contribution in [0.1, 0.15) is 52.9 Å². The fraction of sp³-hybridized carbons (Fsp3) is 0.682. The van der Waals surface area contributed by atoms with Crippen molar-refractivity contribution in [3.05, 3.63) is 23.8 Å². The molecule has 4 rings (SSSR count). The van der Waals surface area contributed by atoms with Crippen molar-refractivity contribution in [1.29, 1.82) is 0 Å². The van der Waals surface area contributed by atoms with E-state index in [1.165, 1.54) is 0 Å². The summed E-state index contributed by atoms with van der Waals surface area (Å²) in [7, 11) is 0. The van der Waals surface area contributed by atoms with E-state index in [0.29, 0.717) is 6.42 Å². The predicted octanol–water partition coefficient (Wildman–Crippen LogP) is 2.16. The first-order chi connectivity index (χ1) is 12.5. The molecule has 5 nitrogen and oxygen atoms in total. The van der Waals surface area contributed by atoms with Gasteiger partial charge in [0.25, 0.3) is 0 Å². The van der Waals surface area contributed by atoms with E-state index in [2.05, 4.69) is 6.92 Å². The van der Waals surface area contributed by atoms with Gasteiger partial charge in [0.2, 0.25) is 0 Å². The Labute approximate surface area is 159 Å². The summed E-state index contributed by atoms with van der Waals surface area (Å²) in [6, 6.07) is 0. The van der Waals surface area contributed by atoms with Crippen molar-refractivity contribution in [1.82, 2.24) is 0 Å². The Kier molecular flexibility index (Phi) is 3.81. The summed E-state index contributed by atoms with van der Waals surface area (Å²) in [6.45, 7) is 5.32. The van der Waals surface area contributed by atoms with Crippen molar-refractivity contribution in [3.8, 4) is 0 Å². The molecule has 2 N–H and O–H groups in total. The summed E-state index contributed by atoms with van der Waals surface area (Å²) in [6.07, 6.45) is 7.73.